The number of benzene rings is 1. The van der Waals surface area contributed by atoms with Crippen LogP contribution in [0.5, 0.6) is 0 Å². The van der Waals surface area contributed by atoms with E-state index in [1.54, 1.807) is 32.9 Å². The summed E-state index contributed by atoms with van der Waals surface area (Å²) in [5.74, 6) is -1.06. The average molecular weight is 489 g/mol. The standard InChI is InChI=1S/C22H31FN2O3S2.H2S/c1-12(2)15-8-9-18(23)21(13(3)4)16(15)10-19(26)25-30(24,28)20-11-17(14(5)29-20)22(6,7)27;/h8-9,11-13,27H,10H2,1-7H3,(H2,24,25,26,28);1H2. The number of amides is 1. The Morgan fingerprint density at radius 2 is 1.84 bits per heavy atom. The molecule has 1 heterocycles. The Balaban J connectivity index is 0.00000480. The number of carbonyl (C=O) groups excluding carboxylic acids is 1. The molecule has 3 N–H and O–H groups in total. The Bertz CT molecular complexity index is 1080. The highest BCUT2D eigenvalue weighted by molar-refractivity contribution is 7.93. The number of nitrogens with two attached hydrogens (primary N) is 1. The van der Waals surface area contributed by atoms with Crippen LogP contribution < -0.4 is 5.14 Å². The van der Waals surface area contributed by atoms with Gasteiger partial charge in [-0.25, -0.2) is 13.7 Å². The monoisotopic (exact) mass is 488 g/mol. The van der Waals surface area contributed by atoms with E-state index in [9.17, 15) is 18.5 Å². The summed E-state index contributed by atoms with van der Waals surface area (Å²) in [6.07, 6.45) is -0.171. The van der Waals surface area contributed by atoms with Crippen molar-refractivity contribution in [3.05, 3.63) is 51.1 Å². The molecule has 0 aliphatic heterocycles. The van der Waals surface area contributed by atoms with Gasteiger partial charge in [-0.3, -0.25) is 4.79 Å². The van der Waals surface area contributed by atoms with E-state index in [1.165, 1.54) is 6.07 Å². The molecule has 9 heteroatoms. The largest absolute Gasteiger partial charge is 0.386 e. The van der Waals surface area contributed by atoms with Crippen LogP contribution in [0.4, 0.5) is 4.39 Å². The van der Waals surface area contributed by atoms with Gasteiger partial charge in [0.25, 0.3) is 5.91 Å². The second-order valence-corrected chi connectivity index (χ2v) is 11.9. The molecule has 5 nitrogen and oxygen atoms in total. The summed E-state index contributed by atoms with van der Waals surface area (Å²) in [5, 5.41) is 16.2. The lowest BCUT2D eigenvalue weighted by molar-refractivity contribution is -0.117. The lowest BCUT2D eigenvalue weighted by Crippen LogP contribution is -2.17. The predicted molar refractivity (Wildman–Crippen MR) is 131 cm³/mol. The number of hydrogen-bond donors (Lipinski definition) is 2. The number of rotatable bonds is 6. The molecule has 0 bridgehead atoms. The van der Waals surface area contributed by atoms with Gasteiger partial charge in [-0.15, -0.1) is 15.7 Å². The fourth-order valence-electron chi connectivity index (χ4n) is 3.60. The molecule has 0 saturated heterocycles. The van der Waals surface area contributed by atoms with E-state index in [0.717, 1.165) is 21.8 Å². The number of halogens is 1. The van der Waals surface area contributed by atoms with Crippen LogP contribution in [0.3, 0.4) is 0 Å². The van der Waals surface area contributed by atoms with E-state index in [-0.39, 0.29) is 41.8 Å². The summed E-state index contributed by atoms with van der Waals surface area (Å²) < 4.78 is 31.6. The van der Waals surface area contributed by atoms with Crippen LogP contribution >= 0.6 is 24.8 Å². The molecule has 1 aromatic heterocycles. The fourth-order valence-corrected chi connectivity index (χ4v) is 6.21. The van der Waals surface area contributed by atoms with Crippen molar-refractivity contribution in [2.45, 2.75) is 76.5 Å². The second kappa shape index (κ2) is 10.1. The van der Waals surface area contributed by atoms with Crippen molar-refractivity contribution in [3.63, 3.8) is 0 Å². The summed E-state index contributed by atoms with van der Waals surface area (Å²) in [6.45, 7) is 12.7. The van der Waals surface area contributed by atoms with Crippen molar-refractivity contribution in [1.29, 1.82) is 0 Å². The minimum atomic E-state index is -3.48. The van der Waals surface area contributed by atoms with Gasteiger partial charge in [0, 0.05) is 4.88 Å². The maximum absolute atomic E-state index is 14.5. The van der Waals surface area contributed by atoms with E-state index >= 15 is 0 Å². The molecule has 1 atom stereocenters. The van der Waals surface area contributed by atoms with Gasteiger partial charge in [0.05, 0.1) is 12.0 Å². The SMILES string of the molecule is Cc1sc(S(N)(=O)=NC(=O)Cc2c(C(C)C)ccc(F)c2C(C)C)cc1C(C)(C)O.S. The Morgan fingerprint density at radius 1 is 1.26 bits per heavy atom. The van der Waals surface area contributed by atoms with Crippen LogP contribution in [0.2, 0.25) is 0 Å². The summed E-state index contributed by atoms with van der Waals surface area (Å²) >= 11 is 1.15. The van der Waals surface area contributed by atoms with E-state index in [1.807, 2.05) is 27.7 Å². The van der Waals surface area contributed by atoms with Gasteiger partial charge >= 0.3 is 0 Å². The zero-order valence-corrected chi connectivity index (χ0v) is 21.7. The molecular weight excluding hydrogens is 455 g/mol. The number of nitrogens with zero attached hydrogens (tertiary/aromatic N) is 1. The molecule has 1 unspecified atom stereocenters. The third kappa shape index (κ3) is 6.38. The Morgan fingerprint density at radius 3 is 2.29 bits per heavy atom. The number of thiophene rings is 1. The van der Waals surface area contributed by atoms with Gasteiger partial charge in [0.15, 0.2) is 9.92 Å². The van der Waals surface area contributed by atoms with Crippen molar-refractivity contribution in [1.82, 2.24) is 0 Å². The van der Waals surface area contributed by atoms with Crippen molar-refractivity contribution in [2.24, 2.45) is 9.50 Å². The fraction of sp³-hybridized carbons (Fsp3) is 0.500. The summed E-state index contributed by atoms with van der Waals surface area (Å²) in [5.41, 5.74) is 1.40. The minimum Gasteiger partial charge on any atom is -0.386 e. The summed E-state index contributed by atoms with van der Waals surface area (Å²) in [6, 6.07) is 4.65. The molecule has 0 spiro atoms. The van der Waals surface area contributed by atoms with Crippen LogP contribution in [0.15, 0.2) is 26.8 Å². The highest BCUT2D eigenvalue weighted by Crippen LogP contribution is 2.34. The Labute approximate surface area is 196 Å². The van der Waals surface area contributed by atoms with Gasteiger partial charge in [-0.05, 0) is 67.0 Å². The van der Waals surface area contributed by atoms with Crippen LogP contribution in [-0.2, 0) is 26.7 Å². The minimum absolute atomic E-state index is 0. The number of hydrogen-bond acceptors (Lipinski definition) is 4. The van der Waals surface area contributed by atoms with Crippen molar-refractivity contribution in [2.75, 3.05) is 0 Å². The predicted octanol–water partition coefficient (Wildman–Crippen LogP) is 5.25. The molecule has 174 valence electrons. The first-order valence-electron chi connectivity index (χ1n) is 9.87. The van der Waals surface area contributed by atoms with Crippen molar-refractivity contribution in [3.8, 4) is 0 Å². The molecule has 2 aromatic rings. The first kappa shape index (κ1) is 27.8. The first-order chi connectivity index (χ1) is 13.6. The second-order valence-electron chi connectivity index (χ2n) is 8.66. The molecule has 31 heavy (non-hydrogen) atoms. The van der Waals surface area contributed by atoms with E-state index in [0.29, 0.717) is 16.7 Å². The van der Waals surface area contributed by atoms with Gasteiger partial charge in [-0.1, -0.05) is 33.8 Å². The Hall–Kier alpha value is -1.26. The Kier molecular flexibility index (Phi) is 9.07. The molecule has 0 aliphatic rings. The molecule has 0 aliphatic carbocycles. The number of aliphatic hydroxyl groups is 1. The molecule has 0 radical (unpaired) electrons. The summed E-state index contributed by atoms with van der Waals surface area (Å²) in [7, 11) is -3.48. The molecule has 1 amide bonds. The highest BCUT2D eigenvalue weighted by atomic mass is 32.2. The normalized spacial score (nSPS) is 13.8. The third-order valence-corrected chi connectivity index (χ3v) is 7.93. The molecular formula is C22H33FN2O3S3. The summed E-state index contributed by atoms with van der Waals surface area (Å²) in [4.78, 5) is 13.5. The average Bonchev–Trinajstić information content (AvgIpc) is 2.96. The van der Waals surface area contributed by atoms with Gasteiger partial charge < -0.3 is 5.11 Å². The van der Waals surface area contributed by atoms with Gasteiger partial charge in [-0.2, -0.15) is 13.5 Å². The first-order valence-corrected chi connectivity index (χ1v) is 12.3. The zero-order valence-electron chi connectivity index (χ0n) is 19.1. The third-order valence-electron chi connectivity index (χ3n) is 4.95. The van der Waals surface area contributed by atoms with E-state index in [4.69, 9.17) is 5.14 Å². The van der Waals surface area contributed by atoms with E-state index < -0.39 is 21.4 Å². The molecule has 0 saturated carbocycles. The lowest BCUT2D eigenvalue weighted by atomic mass is 9.86. The molecule has 1 aromatic carbocycles. The van der Waals surface area contributed by atoms with Gasteiger partial charge in [0.1, 0.15) is 10.0 Å². The van der Waals surface area contributed by atoms with Crippen LogP contribution in [0.1, 0.15) is 80.5 Å². The van der Waals surface area contributed by atoms with E-state index in [2.05, 4.69) is 4.36 Å². The maximum Gasteiger partial charge on any atom is 0.259 e. The number of aryl methyl sites for hydroxylation is 1. The van der Waals surface area contributed by atoms with Crippen LogP contribution in [0.25, 0.3) is 0 Å². The van der Waals surface area contributed by atoms with Crippen molar-refractivity contribution < 1.29 is 18.5 Å². The smallest absolute Gasteiger partial charge is 0.259 e. The highest BCUT2D eigenvalue weighted by Gasteiger charge is 2.25. The van der Waals surface area contributed by atoms with Crippen LogP contribution in [0, 0.1) is 12.7 Å². The molecule has 0 fully saturated rings. The zero-order chi connectivity index (χ0) is 23.0. The lowest BCUT2D eigenvalue weighted by Gasteiger charge is -2.19. The topological polar surface area (TPSA) is 92.8 Å². The van der Waals surface area contributed by atoms with Gasteiger partial charge in [0.2, 0.25) is 0 Å². The quantitative estimate of drug-likeness (QED) is 0.581. The number of carbonyl (C=O) groups is 1. The molecule has 2 rings (SSSR count). The van der Waals surface area contributed by atoms with Crippen molar-refractivity contribution >= 4 is 40.7 Å². The maximum atomic E-state index is 14.5. The van der Waals surface area contributed by atoms with Crippen LogP contribution in [-0.4, -0.2) is 15.2 Å².